The van der Waals surface area contributed by atoms with Gasteiger partial charge in [-0.1, -0.05) is 52.4 Å². The Balaban J connectivity index is 4.11. The lowest BCUT2D eigenvalue weighted by Gasteiger charge is -2.20. The van der Waals surface area contributed by atoms with Crippen LogP contribution in [0.25, 0.3) is 0 Å². The van der Waals surface area contributed by atoms with Crippen molar-refractivity contribution in [1.82, 2.24) is 0 Å². The predicted molar refractivity (Wildman–Crippen MR) is 78.7 cm³/mol. The summed E-state index contributed by atoms with van der Waals surface area (Å²) in [4.78, 5) is 22.1. The molecule has 0 aromatic heterocycles. The average Bonchev–Trinajstić information content (AvgIpc) is 2.34. The lowest BCUT2D eigenvalue weighted by Crippen LogP contribution is -2.25. The molecule has 1 unspecified atom stereocenters. The van der Waals surface area contributed by atoms with Crippen molar-refractivity contribution in [3.8, 4) is 0 Å². The van der Waals surface area contributed by atoms with Crippen molar-refractivity contribution in [2.45, 2.75) is 91.6 Å². The fourth-order valence-electron chi connectivity index (χ4n) is 1.88. The van der Waals surface area contributed by atoms with Crippen molar-refractivity contribution in [1.29, 1.82) is 0 Å². The summed E-state index contributed by atoms with van der Waals surface area (Å²) in [6.07, 6.45) is 8.79. The van der Waals surface area contributed by atoms with Gasteiger partial charge in [0.15, 0.2) is 0 Å². The van der Waals surface area contributed by atoms with E-state index in [0.717, 1.165) is 32.1 Å². The van der Waals surface area contributed by atoms with Gasteiger partial charge in [0.1, 0.15) is 5.60 Å². The van der Waals surface area contributed by atoms with E-state index in [4.69, 9.17) is 9.78 Å². The summed E-state index contributed by atoms with van der Waals surface area (Å²) < 4.78 is 0. The number of hydrogen-bond donors (Lipinski definition) is 0. The number of hydrogen-bond acceptors (Lipinski definition) is 3. The van der Waals surface area contributed by atoms with E-state index in [1.807, 2.05) is 20.8 Å². The number of carbonyl (C=O) groups excluding carboxylic acids is 1. The Morgan fingerprint density at radius 3 is 2.05 bits per heavy atom. The van der Waals surface area contributed by atoms with Gasteiger partial charge >= 0.3 is 5.97 Å². The van der Waals surface area contributed by atoms with Crippen molar-refractivity contribution in [2.24, 2.45) is 5.92 Å². The van der Waals surface area contributed by atoms with Gasteiger partial charge < -0.3 is 0 Å². The van der Waals surface area contributed by atoms with Gasteiger partial charge in [0.2, 0.25) is 0 Å². The predicted octanol–water partition coefficient (Wildman–Crippen LogP) is 5.04. The van der Waals surface area contributed by atoms with E-state index in [-0.39, 0.29) is 11.9 Å². The minimum Gasteiger partial charge on any atom is -0.298 e. The van der Waals surface area contributed by atoms with Crippen LogP contribution in [0.2, 0.25) is 0 Å². The summed E-state index contributed by atoms with van der Waals surface area (Å²) >= 11 is 0. The lowest BCUT2D eigenvalue weighted by atomic mass is 9.95. The standard InChI is InChI=1S/C16H32O3/c1-6-8-10-11-13-14(12-9-7-2)15(17)18-19-16(3,4)5/h14H,6-13H2,1-5H3. The summed E-state index contributed by atoms with van der Waals surface area (Å²) in [5, 5.41) is 0. The quantitative estimate of drug-likeness (QED) is 0.317. The van der Waals surface area contributed by atoms with Crippen molar-refractivity contribution in [3.05, 3.63) is 0 Å². The molecule has 0 aliphatic heterocycles. The summed E-state index contributed by atoms with van der Waals surface area (Å²) in [6.45, 7) is 9.97. The second-order valence-corrected chi connectivity index (χ2v) is 6.29. The molecule has 0 aromatic carbocycles. The van der Waals surface area contributed by atoms with Crippen LogP contribution in [0.4, 0.5) is 0 Å². The Kier molecular flexibility index (Phi) is 9.94. The third kappa shape index (κ3) is 11.0. The van der Waals surface area contributed by atoms with Crippen LogP contribution in [-0.2, 0) is 14.6 Å². The van der Waals surface area contributed by atoms with Crippen LogP contribution < -0.4 is 0 Å². The zero-order valence-electron chi connectivity index (χ0n) is 13.5. The first-order valence-electron chi connectivity index (χ1n) is 7.80. The number of unbranched alkanes of at least 4 members (excludes halogenated alkanes) is 4. The Morgan fingerprint density at radius 1 is 0.947 bits per heavy atom. The summed E-state index contributed by atoms with van der Waals surface area (Å²) in [7, 11) is 0. The highest BCUT2D eigenvalue weighted by atomic mass is 17.2. The third-order valence-electron chi connectivity index (χ3n) is 3.02. The Morgan fingerprint density at radius 2 is 1.53 bits per heavy atom. The summed E-state index contributed by atoms with van der Waals surface area (Å²) in [6, 6.07) is 0. The Bertz CT molecular complexity index is 231. The van der Waals surface area contributed by atoms with Crippen LogP contribution in [0.1, 0.15) is 86.0 Å². The SMILES string of the molecule is CCCCCCC(CCCC)C(=O)OOC(C)(C)C. The van der Waals surface area contributed by atoms with Gasteiger partial charge in [0.05, 0.1) is 5.92 Å². The fourth-order valence-corrected chi connectivity index (χ4v) is 1.88. The molecule has 0 heterocycles. The molecule has 3 nitrogen and oxygen atoms in total. The molecule has 114 valence electrons. The maximum absolute atomic E-state index is 12.0. The molecule has 0 rings (SSSR count). The average molecular weight is 272 g/mol. The first-order valence-corrected chi connectivity index (χ1v) is 7.80. The summed E-state index contributed by atoms with van der Waals surface area (Å²) in [5.41, 5.74) is -0.437. The van der Waals surface area contributed by atoms with Crippen LogP contribution in [0.15, 0.2) is 0 Å². The zero-order valence-corrected chi connectivity index (χ0v) is 13.5. The van der Waals surface area contributed by atoms with Crippen LogP contribution >= 0.6 is 0 Å². The van der Waals surface area contributed by atoms with Crippen molar-refractivity contribution < 1.29 is 14.6 Å². The second kappa shape index (κ2) is 10.2. The molecular formula is C16H32O3. The highest BCUT2D eigenvalue weighted by Crippen LogP contribution is 2.20. The zero-order chi connectivity index (χ0) is 14.7. The molecule has 1 atom stereocenters. The van der Waals surface area contributed by atoms with E-state index >= 15 is 0 Å². The number of rotatable bonds is 10. The Hall–Kier alpha value is -0.570. The molecule has 19 heavy (non-hydrogen) atoms. The van der Waals surface area contributed by atoms with Gasteiger partial charge in [-0.15, -0.1) is 0 Å². The maximum atomic E-state index is 12.0. The monoisotopic (exact) mass is 272 g/mol. The summed E-state index contributed by atoms with van der Waals surface area (Å²) in [5.74, 6) is -0.195. The normalized spacial score (nSPS) is 13.3. The fraction of sp³-hybridized carbons (Fsp3) is 0.938. The largest absolute Gasteiger partial charge is 0.345 e. The molecule has 0 amide bonds. The van der Waals surface area contributed by atoms with Gasteiger partial charge in [-0.25, -0.2) is 4.79 Å². The van der Waals surface area contributed by atoms with Crippen LogP contribution in [0.5, 0.6) is 0 Å². The van der Waals surface area contributed by atoms with E-state index in [1.54, 1.807) is 0 Å². The van der Waals surface area contributed by atoms with E-state index in [2.05, 4.69) is 13.8 Å². The van der Waals surface area contributed by atoms with E-state index < -0.39 is 5.60 Å². The van der Waals surface area contributed by atoms with Crippen LogP contribution in [0, 0.1) is 5.92 Å². The van der Waals surface area contributed by atoms with Gasteiger partial charge in [0.25, 0.3) is 0 Å². The third-order valence-corrected chi connectivity index (χ3v) is 3.02. The molecule has 0 aliphatic carbocycles. The molecule has 0 bridgehead atoms. The highest BCUT2D eigenvalue weighted by molar-refractivity contribution is 5.71. The molecule has 0 radical (unpaired) electrons. The number of carbonyl (C=O) groups is 1. The smallest absolute Gasteiger partial charge is 0.298 e. The molecule has 0 saturated heterocycles. The molecule has 0 aromatic rings. The van der Waals surface area contributed by atoms with E-state index in [9.17, 15) is 4.79 Å². The maximum Gasteiger partial charge on any atom is 0.345 e. The van der Waals surface area contributed by atoms with E-state index in [1.165, 1.54) is 19.3 Å². The molecular weight excluding hydrogens is 240 g/mol. The van der Waals surface area contributed by atoms with Gasteiger partial charge in [-0.3, -0.25) is 4.89 Å². The van der Waals surface area contributed by atoms with Crippen molar-refractivity contribution in [2.75, 3.05) is 0 Å². The molecule has 0 fully saturated rings. The first kappa shape index (κ1) is 18.4. The molecule has 0 spiro atoms. The van der Waals surface area contributed by atoms with Gasteiger partial charge in [-0.05, 0) is 33.6 Å². The molecule has 0 aliphatic rings. The lowest BCUT2D eigenvalue weighted by molar-refractivity contribution is -0.323. The minimum absolute atomic E-state index is 0.000781. The van der Waals surface area contributed by atoms with Gasteiger partial charge in [0, 0.05) is 0 Å². The van der Waals surface area contributed by atoms with Gasteiger partial charge in [-0.2, -0.15) is 4.89 Å². The minimum atomic E-state index is -0.437. The van der Waals surface area contributed by atoms with Crippen LogP contribution in [0.3, 0.4) is 0 Å². The van der Waals surface area contributed by atoms with E-state index in [0.29, 0.717) is 0 Å². The molecule has 0 N–H and O–H groups in total. The van der Waals surface area contributed by atoms with Crippen molar-refractivity contribution >= 4 is 5.97 Å². The van der Waals surface area contributed by atoms with Crippen molar-refractivity contribution in [3.63, 3.8) is 0 Å². The highest BCUT2D eigenvalue weighted by Gasteiger charge is 2.23. The topological polar surface area (TPSA) is 35.5 Å². The first-order chi connectivity index (χ1) is 8.90. The van der Waals surface area contributed by atoms with Crippen LogP contribution in [-0.4, -0.2) is 11.6 Å². The molecule has 0 saturated carbocycles. The second-order valence-electron chi connectivity index (χ2n) is 6.29. The molecule has 3 heteroatoms. The Labute approximate surface area is 119 Å².